The number of aryl methyl sites for hydroxylation is 1. The molecule has 5 rings (SSSR count). The molecule has 0 bridgehead atoms. The molecule has 6 heteroatoms. The molecule has 162 valence electrons. The molecule has 0 saturated carbocycles. The molecule has 3 aliphatic rings. The molecule has 2 aromatic rings. The van der Waals surface area contributed by atoms with E-state index in [-0.39, 0.29) is 17.9 Å². The Bertz CT molecular complexity index is 979. The number of rotatable bonds is 4. The van der Waals surface area contributed by atoms with E-state index in [1.165, 1.54) is 11.1 Å². The number of fused-ring (bicyclic) bond motifs is 3. The maximum Gasteiger partial charge on any atom is 0.257 e. The van der Waals surface area contributed by atoms with E-state index < -0.39 is 0 Å². The lowest BCUT2D eigenvalue weighted by molar-refractivity contribution is -0.135. The molecule has 31 heavy (non-hydrogen) atoms. The van der Waals surface area contributed by atoms with Gasteiger partial charge in [-0.15, -0.1) is 0 Å². The van der Waals surface area contributed by atoms with Gasteiger partial charge < -0.3 is 9.64 Å². The van der Waals surface area contributed by atoms with Crippen LogP contribution in [0.3, 0.4) is 0 Å². The Hall–Kier alpha value is -2.70. The van der Waals surface area contributed by atoms with Crippen LogP contribution < -0.4 is 4.74 Å². The molecular formula is C25H30N4O2. The highest BCUT2D eigenvalue weighted by Gasteiger charge is 2.44. The first kappa shape index (κ1) is 20.2. The smallest absolute Gasteiger partial charge is 0.257 e. The molecule has 0 spiro atoms. The molecule has 2 unspecified atom stereocenters. The van der Waals surface area contributed by atoms with Gasteiger partial charge in [0.25, 0.3) is 5.91 Å². The van der Waals surface area contributed by atoms with Crippen LogP contribution in [-0.2, 0) is 11.2 Å². The average Bonchev–Trinajstić information content (AvgIpc) is 3.21. The zero-order chi connectivity index (χ0) is 21.4. The summed E-state index contributed by atoms with van der Waals surface area (Å²) in [5.41, 5.74) is 4.72. The molecule has 1 aliphatic carbocycles. The highest BCUT2D eigenvalue weighted by Crippen LogP contribution is 2.43. The van der Waals surface area contributed by atoms with Gasteiger partial charge in [0.15, 0.2) is 0 Å². The summed E-state index contributed by atoms with van der Waals surface area (Å²) in [7, 11) is 3.81. The van der Waals surface area contributed by atoms with E-state index in [1.807, 2.05) is 12.1 Å². The molecule has 2 heterocycles. The van der Waals surface area contributed by atoms with E-state index in [0.717, 1.165) is 56.0 Å². The second-order valence-corrected chi connectivity index (χ2v) is 8.82. The molecule has 2 aromatic carbocycles. The minimum absolute atomic E-state index is 0.0609. The summed E-state index contributed by atoms with van der Waals surface area (Å²) in [6.45, 7) is 4.27. The summed E-state index contributed by atoms with van der Waals surface area (Å²) in [5, 5.41) is 6.74. The number of amides is 1. The average molecular weight is 419 g/mol. The van der Waals surface area contributed by atoms with Crippen molar-refractivity contribution in [3.63, 3.8) is 0 Å². The van der Waals surface area contributed by atoms with E-state index in [0.29, 0.717) is 6.54 Å². The Balaban J connectivity index is 1.46. The van der Waals surface area contributed by atoms with Crippen LogP contribution in [0, 0.1) is 5.92 Å². The summed E-state index contributed by atoms with van der Waals surface area (Å²) < 4.78 is 5.35. The van der Waals surface area contributed by atoms with Gasteiger partial charge in [0.1, 0.15) is 5.75 Å². The fraction of sp³-hybridized carbons (Fsp3) is 0.440. The minimum Gasteiger partial charge on any atom is -0.497 e. The third-order valence-electron chi connectivity index (χ3n) is 6.90. The number of carbonyl (C=O) groups is 1. The van der Waals surface area contributed by atoms with Crippen molar-refractivity contribution in [2.24, 2.45) is 11.0 Å². The van der Waals surface area contributed by atoms with Crippen molar-refractivity contribution in [1.82, 2.24) is 14.8 Å². The summed E-state index contributed by atoms with van der Waals surface area (Å²) in [6.07, 6.45) is 2.03. The zero-order valence-electron chi connectivity index (χ0n) is 18.3. The maximum absolute atomic E-state index is 13.5. The van der Waals surface area contributed by atoms with Gasteiger partial charge in [0, 0.05) is 37.7 Å². The Morgan fingerprint density at radius 2 is 1.81 bits per heavy atom. The first-order chi connectivity index (χ1) is 15.1. The molecule has 0 N–H and O–H groups in total. The predicted molar refractivity (Wildman–Crippen MR) is 121 cm³/mol. The topological polar surface area (TPSA) is 48.4 Å². The summed E-state index contributed by atoms with van der Waals surface area (Å²) in [4.78, 5) is 18.1. The van der Waals surface area contributed by atoms with Crippen molar-refractivity contribution < 1.29 is 9.53 Å². The van der Waals surface area contributed by atoms with Gasteiger partial charge >= 0.3 is 0 Å². The van der Waals surface area contributed by atoms with Crippen LogP contribution in [-0.4, -0.2) is 73.3 Å². The van der Waals surface area contributed by atoms with E-state index in [2.05, 4.69) is 53.2 Å². The first-order valence-corrected chi connectivity index (χ1v) is 11.2. The molecule has 2 aliphatic heterocycles. The van der Waals surface area contributed by atoms with Crippen LogP contribution >= 0.6 is 0 Å². The summed E-state index contributed by atoms with van der Waals surface area (Å²) >= 11 is 0. The zero-order valence-corrected chi connectivity index (χ0v) is 18.3. The van der Waals surface area contributed by atoms with Crippen molar-refractivity contribution in [2.45, 2.75) is 18.9 Å². The Labute approximate surface area is 184 Å². The number of methoxy groups -OCH3 is 1. The number of piperazine rings is 1. The first-order valence-electron chi connectivity index (χ1n) is 11.2. The largest absolute Gasteiger partial charge is 0.497 e. The van der Waals surface area contributed by atoms with E-state index in [1.54, 1.807) is 12.1 Å². The lowest BCUT2D eigenvalue weighted by Gasteiger charge is -2.34. The van der Waals surface area contributed by atoms with Crippen LogP contribution in [0.4, 0.5) is 0 Å². The number of hydrogen-bond acceptors (Lipinski definition) is 5. The van der Waals surface area contributed by atoms with Crippen LogP contribution in [0.15, 0.2) is 53.6 Å². The lowest BCUT2D eigenvalue weighted by Crippen LogP contribution is -2.48. The Morgan fingerprint density at radius 3 is 2.55 bits per heavy atom. The van der Waals surface area contributed by atoms with Crippen LogP contribution in [0.2, 0.25) is 0 Å². The molecule has 1 saturated heterocycles. The van der Waals surface area contributed by atoms with Gasteiger partial charge in [0.2, 0.25) is 0 Å². The molecular weight excluding hydrogens is 388 g/mol. The second kappa shape index (κ2) is 8.44. The fourth-order valence-electron chi connectivity index (χ4n) is 5.08. The number of hydrazone groups is 1. The van der Waals surface area contributed by atoms with E-state index >= 15 is 0 Å². The third kappa shape index (κ3) is 3.86. The molecule has 6 nitrogen and oxygen atoms in total. The quantitative estimate of drug-likeness (QED) is 0.766. The third-order valence-corrected chi connectivity index (χ3v) is 6.90. The van der Waals surface area contributed by atoms with Crippen LogP contribution in [0.1, 0.15) is 29.2 Å². The number of benzene rings is 2. The Kier molecular flexibility index (Phi) is 5.50. The number of nitrogens with zero attached hydrogens (tertiary/aromatic N) is 4. The highest BCUT2D eigenvalue weighted by atomic mass is 16.5. The molecule has 1 amide bonds. The second-order valence-electron chi connectivity index (χ2n) is 8.82. The van der Waals surface area contributed by atoms with Crippen molar-refractivity contribution in [2.75, 3.05) is 46.9 Å². The number of likely N-dealkylation sites (N-methyl/N-ethyl adjacent to an activating group) is 1. The Morgan fingerprint density at radius 1 is 1.06 bits per heavy atom. The number of ether oxygens (including phenoxy) is 1. The normalized spacial score (nSPS) is 23.8. The van der Waals surface area contributed by atoms with E-state index in [9.17, 15) is 4.79 Å². The maximum atomic E-state index is 13.5. The summed E-state index contributed by atoms with van der Waals surface area (Å²) in [6, 6.07) is 16.6. The van der Waals surface area contributed by atoms with Gasteiger partial charge in [0.05, 0.1) is 25.4 Å². The van der Waals surface area contributed by atoms with Crippen LogP contribution in [0.25, 0.3) is 0 Å². The fourth-order valence-corrected chi connectivity index (χ4v) is 5.08. The highest BCUT2D eigenvalue weighted by molar-refractivity contribution is 6.06. The lowest BCUT2D eigenvalue weighted by atomic mass is 9.77. The van der Waals surface area contributed by atoms with Gasteiger partial charge in [-0.25, -0.2) is 5.01 Å². The molecule has 0 aromatic heterocycles. The van der Waals surface area contributed by atoms with E-state index in [4.69, 9.17) is 9.84 Å². The standard InChI is InChI=1S/C25H30N4O2/c1-27-13-15-28(16-14-27)17-23(30)29-25(19-7-10-20(31-2)11-8-19)22-12-9-18-5-3-4-6-21(18)24(22)26-29/h3-8,10-11,22,25H,9,12-17H2,1-2H3. The van der Waals surface area contributed by atoms with Crippen molar-refractivity contribution in [1.29, 1.82) is 0 Å². The molecule has 1 fully saturated rings. The molecule has 0 radical (unpaired) electrons. The van der Waals surface area contributed by atoms with Gasteiger partial charge in [-0.2, -0.15) is 5.10 Å². The number of hydrogen-bond donors (Lipinski definition) is 0. The minimum atomic E-state index is -0.0609. The van der Waals surface area contributed by atoms with Crippen LogP contribution in [0.5, 0.6) is 5.75 Å². The van der Waals surface area contributed by atoms with Crippen molar-refractivity contribution in [3.8, 4) is 5.75 Å². The SMILES string of the molecule is COc1ccc(C2C3CCc4ccccc4C3=NN2C(=O)CN2CCN(C)CC2)cc1. The van der Waals surface area contributed by atoms with Crippen molar-refractivity contribution >= 4 is 11.6 Å². The molecule has 2 atom stereocenters. The van der Waals surface area contributed by atoms with Gasteiger partial charge in [-0.3, -0.25) is 9.69 Å². The van der Waals surface area contributed by atoms with Gasteiger partial charge in [-0.05, 0) is 43.1 Å². The number of carbonyl (C=O) groups excluding carboxylic acids is 1. The summed E-state index contributed by atoms with van der Waals surface area (Å²) in [5.74, 6) is 1.14. The monoisotopic (exact) mass is 418 g/mol. The predicted octanol–water partition coefficient (Wildman–Crippen LogP) is 2.79. The van der Waals surface area contributed by atoms with Gasteiger partial charge in [-0.1, -0.05) is 36.4 Å². The van der Waals surface area contributed by atoms with Crippen molar-refractivity contribution in [3.05, 3.63) is 65.2 Å².